The van der Waals surface area contributed by atoms with Crippen molar-refractivity contribution in [1.82, 2.24) is 0 Å². The molecule has 1 aliphatic rings. The fraction of sp³-hybridized carbons (Fsp3) is 0.500. The van der Waals surface area contributed by atoms with Crippen LogP contribution in [0.1, 0.15) is 26.2 Å². The molecule has 0 unspecified atom stereocenters. The second-order valence-electron chi connectivity index (χ2n) is 4.02. The predicted octanol–water partition coefficient (Wildman–Crippen LogP) is 2.63. The lowest BCUT2D eigenvalue weighted by Crippen LogP contribution is -2.03. The Hall–Kier alpha value is -1.38. The summed E-state index contributed by atoms with van der Waals surface area (Å²) in [5.41, 5.74) is 7.65. The fourth-order valence-electron chi connectivity index (χ4n) is 1.42. The van der Waals surface area contributed by atoms with Crippen LogP contribution in [0.25, 0.3) is 0 Å². The molecule has 0 heterocycles. The summed E-state index contributed by atoms with van der Waals surface area (Å²) in [7, 11) is 0. The van der Waals surface area contributed by atoms with Crippen LogP contribution in [0.4, 0.5) is 11.4 Å². The first-order valence-electron chi connectivity index (χ1n) is 5.58. The third-order valence-electron chi connectivity index (χ3n) is 2.42. The van der Waals surface area contributed by atoms with Crippen LogP contribution in [0.15, 0.2) is 18.2 Å². The van der Waals surface area contributed by atoms with Gasteiger partial charge in [-0.25, -0.2) is 0 Å². The molecular formula is C12H18N2O. The van der Waals surface area contributed by atoms with E-state index in [9.17, 15) is 0 Å². The van der Waals surface area contributed by atoms with E-state index in [4.69, 9.17) is 10.5 Å². The number of anilines is 2. The maximum Gasteiger partial charge on any atom is 0.144 e. The first-order valence-corrected chi connectivity index (χ1v) is 5.58. The van der Waals surface area contributed by atoms with Gasteiger partial charge in [0.25, 0.3) is 0 Å². The van der Waals surface area contributed by atoms with E-state index in [0.717, 1.165) is 24.5 Å². The number of hydrogen-bond acceptors (Lipinski definition) is 3. The van der Waals surface area contributed by atoms with Crippen molar-refractivity contribution in [3.63, 3.8) is 0 Å². The van der Waals surface area contributed by atoms with E-state index in [1.165, 1.54) is 12.8 Å². The van der Waals surface area contributed by atoms with Crippen molar-refractivity contribution >= 4 is 11.4 Å². The molecule has 1 aromatic carbocycles. The molecule has 0 saturated heterocycles. The molecule has 3 nitrogen and oxygen atoms in total. The van der Waals surface area contributed by atoms with Crippen LogP contribution < -0.4 is 15.8 Å². The zero-order chi connectivity index (χ0) is 10.7. The Morgan fingerprint density at radius 1 is 1.47 bits per heavy atom. The van der Waals surface area contributed by atoms with E-state index in [0.29, 0.717) is 11.7 Å². The Labute approximate surface area is 90.6 Å². The minimum Gasteiger partial charge on any atom is -0.491 e. The number of nitrogen functional groups attached to an aromatic ring is 1. The number of nitrogens with one attached hydrogen (secondary N) is 1. The zero-order valence-electron chi connectivity index (χ0n) is 9.12. The zero-order valence-corrected chi connectivity index (χ0v) is 9.12. The van der Waals surface area contributed by atoms with Crippen molar-refractivity contribution in [3.8, 4) is 5.75 Å². The molecular weight excluding hydrogens is 188 g/mol. The molecule has 3 heteroatoms. The largest absolute Gasteiger partial charge is 0.491 e. The van der Waals surface area contributed by atoms with Crippen LogP contribution >= 0.6 is 0 Å². The third-order valence-corrected chi connectivity index (χ3v) is 2.42. The standard InChI is InChI=1S/C12H18N2O/c1-2-7-15-12-8-10(5-6-11(12)13)14-9-3-4-9/h5-6,8-9,14H,2-4,7,13H2,1H3. The lowest BCUT2D eigenvalue weighted by molar-refractivity contribution is 0.319. The first-order chi connectivity index (χ1) is 7.29. The molecule has 3 N–H and O–H groups in total. The second kappa shape index (κ2) is 4.43. The summed E-state index contributed by atoms with van der Waals surface area (Å²) in [5.74, 6) is 0.794. The van der Waals surface area contributed by atoms with Gasteiger partial charge < -0.3 is 15.8 Å². The molecule has 15 heavy (non-hydrogen) atoms. The minimum atomic E-state index is 0.660. The monoisotopic (exact) mass is 206 g/mol. The van der Waals surface area contributed by atoms with Crippen LogP contribution in [0.3, 0.4) is 0 Å². The Kier molecular flexibility index (Phi) is 2.99. The van der Waals surface area contributed by atoms with Gasteiger partial charge in [-0.1, -0.05) is 6.92 Å². The fourth-order valence-corrected chi connectivity index (χ4v) is 1.42. The van der Waals surface area contributed by atoms with Gasteiger partial charge in [0.2, 0.25) is 0 Å². The van der Waals surface area contributed by atoms with E-state index in [1.54, 1.807) is 0 Å². The van der Waals surface area contributed by atoms with Crippen LogP contribution in [-0.2, 0) is 0 Å². The molecule has 1 aromatic rings. The summed E-state index contributed by atoms with van der Waals surface area (Å²) in [6.45, 7) is 2.81. The molecule has 1 fully saturated rings. The van der Waals surface area contributed by atoms with Gasteiger partial charge in [0, 0.05) is 17.8 Å². The van der Waals surface area contributed by atoms with Gasteiger partial charge in [0.15, 0.2) is 0 Å². The van der Waals surface area contributed by atoms with Crippen LogP contribution in [0.2, 0.25) is 0 Å². The SMILES string of the molecule is CCCOc1cc(NC2CC2)ccc1N. The van der Waals surface area contributed by atoms with Crippen molar-refractivity contribution in [1.29, 1.82) is 0 Å². The summed E-state index contributed by atoms with van der Waals surface area (Å²) in [6, 6.07) is 6.55. The molecule has 1 saturated carbocycles. The highest BCUT2D eigenvalue weighted by Crippen LogP contribution is 2.29. The Balaban J connectivity index is 2.05. The van der Waals surface area contributed by atoms with Crippen molar-refractivity contribution in [2.24, 2.45) is 0 Å². The average molecular weight is 206 g/mol. The van der Waals surface area contributed by atoms with Gasteiger partial charge in [-0.15, -0.1) is 0 Å². The highest BCUT2D eigenvalue weighted by molar-refractivity contribution is 5.61. The minimum absolute atomic E-state index is 0.660. The summed E-state index contributed by atoms with van der Waals surface area (Å²) in [4.78, 5) is 0. The molecule has 2 rings (SSSR count). The van der Waals surface area contributed by atoms with Crippen molar-refractivity contribution in [2.75, 3.05) is 17.7 Å². The molecule has 1 aliphatic carbocycles. The van der Waals surface area contributed by atoms with Crippen molar-refractivity contribution in [3.05, 3.63) is 18.2 Å². The Morgan fingerprint density at radius 3 is 2.93 bits per heavy atom. The maximum atomic E-state index is 5.82. The summed E-state index contributed by atoms with van der Waals surface area (Å²) in [5, 5.41) is 3.42. The molecule has 0 atom stereocenters. The van der Waals surface area contributed by atoms with Crippen LogP contribution in [0, 0.1) is 0 Å². The summed E-state index contributed by atoms with van der Waals surface area (Å²) in [6.07, 6.45) is 3.55. The smallest absolute Gasteiger partial charge is 0.144 e. The Bertz CT molecular complexity index is 334. The lowest BCUT2D eigenvalue weighted by Gasteiger charge is -2.11. The second-order valence-corrected chi connectivity index (χ2v) is 4.02. The van der Waals surface area contributed by atoms with Gasteiger partial charge in [0.05, 0.1) is 12.3 Å². The van der Waals surface area contributed by atoms with Gasteiger partial charge >= 0.3 is 0 Å². The summed E-state index contributed by atoms with van der Waals surface area (Å²) >= 11 is 0. The van der Waals surface area contributed by atoms with Crippen molar-refractivity contribution in [2.45, 2.75) is 32.2 Å². The Morgan fingerprint density at radius 2 is 2.27 bits per heavy atom. The predicted molar refractivity (Wildman–Crippen MR) is 63.3 cm³/mol. The molecule has 0 spiro atoms. The topological polar surface area (TPSA) is 47.3 Å². The summed E-state index contributed by atoms with van der Waals surface area (Å²) < 4.78 is 5.56. The van der Waals surface area contributed by atoms with E-state index in [2.05, 4.69) is 12.2 Å². The molecule has 0 aromatic heterocycles. The number of ether oxygens (including phenoxy) is 1. The van der Waals surface area contributed by atoms with E-state index in [1.807, 2.05) is 18.2 Å². The molecule has 82 valence electrons. The molecule has 0 bridgehead atoms. The highest BCUT2D eigenvalue weighted by atomic mass is 16.5. The number of hydrogen-bond donors (Lipinski definition) is 2. The maximum absolute atomic E-state index is 5.82. The van der Waals surface area contributed by atoms with E-state index < -0.39 is 0 Å². The average Bonchev–Trinajstić information content (AvgIpc) is 3.03. The van der Waals surface area contributed by atoms with E-state index in [-0.39, 0.29) is 0 Å². The molecule has 0 radical (unpaired) electrons. The normalized spacial score (nSPS) is 15.0. The van der Waals surface area contributed by atoms with Gasteiger partial charge in [-0.2, -0.15) is 0 Å². The van der Waals surface area contributed by atoms with Crippen molar-refractivity contribution < 1.29 is 4.74 Å². The van der Waals surface area contributed by atoms with Crippen LogP contribution in [0.5, 0.6) is 5.75 Å². The molecule has 0 aliphatic heterocycles. The number of rotatable bonds is 5. The molecule has 0 amide bonds. The van der Waals surface area contributed by atoms with Gasteiger partial charge in [0.1, 0.15) is 5.75 Å². The number of nitrogens with two attached hydrogens (primary N) is 1. The number of benzene rings is 1. The van der Waals surface area contributed by atoms with Gasteiger partial charge in [-0.3, -0.25) is 0 Å². The van der Waals surface area contributed by atoms with E-state index >= 15 is 0 Å². The van der Waals surface area contributed by atoms with Gasteiger partial charge in [-0.05, 0) is 31.4 Å². The quantitative estimate of drug-likeness (QED) is 0.728. The highest BCUT2D eigenvalue weighted by Gasteiger charge is 2.20. The third kappa shape index (κ3) is 2.78. The first kappa shape index (κ1) is 10.1. The lowest BCUT2D eigenvalue weighted by atomic mass is 10.2. The van der Waals surface area contributed by atoms with Crippen LogP contribution in [-0.4, -0.2) is 12.6 Å².